The van der Waals surface area contributed by atoms with Crippen LogP contribution in [0.15, 0.2) is 77.9 Å². The van der Waals surface area contributed by atoms with Crippen LogP contribution in [0.1, 0.15) is 18.1 Å². The van der Waals surface area contributed by atoms with Gasteiger partial charge < -0.3 is 20.5 Å². The summed E-state index contributed by atoms with van der Waals surface area (Å²) in [5.41, 5.74) is 8.92. The summed E-state index contributed by atoms with van der Waals surface area (Å²) >= 11 is 12.1. The van der Waals surface area contributed by atoms with Crippen LogP contribution in [0.5, 0.6) is 11.5 Å². The molecule has 0 unspecified atom stereocenters. The van der Waals surface area contributed by atoms with Gasteiger partial charge in [-0.25, -0.2) is 5.43 Å². The maximum atomic E-state index is 13.0. The molecule has 0 radical (unpaired) electrons. The second-order valence-corrected chi connectivity index (χ2v) is 8.96. The van der Waals surface area contributed by atoms with Gasteiger partial charge in [-0.05, 0) is 42.8 Å². The van der Waals surface area contributed by atoms with Crippen molar-refractivity contribution in [3.63, 3.8) is 0 Å². The van der Waals surface area contributed by atoms with Crippen LogP contribution in [-0.2, 0) is 20.8 Å². The number of rotatable bonds is 12. The van der Waals surface area contributed by atoms with Gasteiger partial charge in [-0.15, -0.1) is 0 Å². The van der Waals surface area contributed by atoms with Crippen molar-refractivity contribution < 1.29 is 23.9 Å². The molecule has 3 rings (SSSR count). The fourth-order valence-electron chi connectivity index (χ4n) is 3.27. The maximum Gasteiger partial charge on any atom is 0.262 e. The molecule has 2 atom stereocenters. The monoisotopic (exact) mass is 556 g/mol. The van der Waals surface area contributed by atoms with Gasteiger partial charge in [0.1, 0.15) is 17.5 Å². The zero-order valence-corrected chi connectivity index (χ0v) is 21.9. The van der Waals surface area contributed by atoms with E-state index in [1.165, 1.54) is 12.3 Å². The van der Waals surface area contributed by atoms with E-state index in [-0.39, 0.29) is 23.8 Å². The Morgan fingerprint density at radius 2 is 1.68 bits per heavy atom. The van der Waals surface area contributed by atoms with E-state index in [2.05, 4.69) is 15.8 Å². The third kappa shape index (κ3) is 8.79. The predicted molar refractivity (Wildman–Crippen MR) is 145 cm³/mol. The molecule has 3 aromatic rings. The highest BCUT2D eigenvalue weighted by Crippen LogP contribution is 2.28. The number of nitrogens with two attached hydrogens (primary N) is 1. The molecule has 0 saturated carbocycles. The van der Waals surface area contributed by atoms with Crippen molar-refractivity contribution >= 4 is 47.1 Å². The van der Waals surface area contributed by atoms with Crippen molar-refractivity contribution in [3.8, 4) is 11.5 Å². The standard InChI is InChI=1S/C27H26Cl2N4O5/c1-17(38-24-12-11-20(28)14-21(24)29)26(35)32-22(13-18-7-3-2-4-8-18)27(36)33-31-15-19-9-5-6-10-23(19)37-16-25(30)34/h2-12,14-15,17,22H,13,16H2,1H3,(H2,30,34)(H,32,35)(H,33,36)/b31-15-/t17-,22-/m0/s1. The summed E-state index contributed by atoms with van der Waals surface area (Å²) in [4.78, 5) is 37.0. The first-order chi connectivity index (χ1) is 18.2. The molecule has 0 fully saturated rings. The smallest absolute Gasteiger partial charge is 0.262 e. The fourth-order valence-corrected chi connectivity index (χ4v) is 3.73. The van der Waals surface area contributed by atoms with Crippen LogP contribution in [0.2, 0.25) is 10.0 Å². The van der Waals surface area contributed by atoms with E-state index in [4.69, 9.17) is 38.4 Å². The van der Waals surface area contributed by atoms with E-state index in [9.17, 15) is 14.4 Å². The van der Waals surface area contributed by atoms with Gasteiger partial charge in [0.05, 0.1) is 11.2 Å². The minimum atomic E-state index is -0.963. The number of para-hydroxylation sites is 1. The molecule has 0 bridgehead atoms. The highest BCUT2D eigenvalue weighted by molar-refractivity contribution is 6.35. The largest absolute Gasteiger partial charge is 0.483 e. The average Bonchev–Trinajstić information content (AvgIpc) is 2.89. The lowest BCUT2D eigenvalue weighted by Gasteiger charge is -2.21. The van der Waals surface area contributed by atoms with Gasteiger partial charge in [0.25, 0.3) is 17.7 Å². The quantitative estimate of drug-likeness (QED) is 0.232. The van der Waals surface area contributed by atoms with Crippen molar-refractivity contribution in [2.75, 3.05) is 6.61 Å². The van der Waals surface area contributed by atoms with E-state index in [0.717, 1.165) is 5.56 Å². The molecule has 3 aromatic carbocycles. The van der Waals surface area contributed by atoms with Crippen LogP contribution >= 0.6 is 23.2 Å². The first kappa shape index (κ1) is 28.5. The number of halogens is 2. The van der Waals surface area contributed by atoms with Gasteiger partial charge >= 0.3 is 0 Å². The number of hydrogen-bond acceptors (Lipinski definition) is 6. The number of nitrogens with zero attached hydrogens (tertiary/aromatic N) is 1. The number of benzene rings is 3. The molecule has 0 heterocycles. The summed E-state index contributed by atoms with van der Waals surface area (Å²) in [5.74, 6) is -1.05. The molecule has 0 spiro atoms. The van der Waals surface area contributed by atoms with Crippen molar-refractivity contribution in [1.82, 2.24) is 10.7 Å². The van der Waals surface area contributed by atoms with Crippen LogP contribution in [0.4, 0.5) is 0 Å². The molecular weight excluding hydrogens is 531 g/mol. The number of nitrogens with one attached hydrogen (secondary N) is 2. The molecular formula is C27H26Cl2N4O5. The Bertz CT molecular complexity index is 1300. The van der Waals surface area contributed by atoms with Crippen LogP contribution in [0, 0.1) is 0 Å². The average molecular weight is 557 g/mol. The minimum Gasteiger partial charge on any atom is -0.483 e. The fraction of sp³-hybridized carbons (Fsp3) is 0.185. The molecule has 198 valence electrons. The maximum absolute atomic E-state index is 13.0. The van der Waals surface area contributed by atoms with Crippen LogP contribution < -0.4 is 25.9 Å². The lowest BCUT2D eigenvalue weighted by molar-refractivity contribution is -0.132. The highest BCUT2D eigenvalue weighted by atomic mass is 35.5. The zero-order chi connectivity index (χ0) is 27.5. The molecule has 38 heavy (non-hydrogen) atoms. The molecule has 0 saturated heterocycles. The highest BCUT2D eigenvalue weighted by Gasteiger charge is 2.25. The van der Waals surface area contributed by atoms with E-state index < -0.39 is 29.9 Å². The lowest BCUT2D eigenvalue weighted by atomic mass is 10.1. The van der Waals surface area contributed by atoms with Gasteiger partial charge in [0.2, 0.25) is 0 Å². The Morgan fingerprint density at radius 3 is 2.39 bits per heavy atom. The molecule has 3 amide bonds. The summed E-state index contributed by atoms with van der Waals surface area (Å²) in [6.45, 7) is 1.24. The predicted octanol–water partition coefficient (Wildman–Crippen LogP) is 3.50. The summed E-state index contributed by atoms with van der Waals surface area (Å²) < 4.78 is 11.0. The van der Waals surface area contributed by atoms with Gasteiger partial charge in [0, 0.05) is 17.0 Å². The van der Waals surface area contributed by atoms with Crippen LogP contribution in [-0.4, -0.2) is 42.7 Å². The van der Waals surface area contributed by atoms with Crippen LogP contribution in [0.25, 0.3) is 0 Å². The zero-order valence-electron chi connectivity index (χ0n) is 20.4. The molecule has 0 aromatic heterocycles. The Kier molecular flexibility index (Phi) is 10.5. The number of ether oxygens (including phenoxy) is 2. The molecule has 9 nitrogen and oxygen atoms in total. The number of hydrazone groups is 1. The first-order valence-electron chi connectivity index (χ1n) is 11.5. The van der Waals surface area contributed by atoms with Gasteiger partial charge in [0.15, 0.2) is 12.7 Å². The van der Waals surface area contributed by atoms with Gasteiger partial charge in [-0.3, -0.25) is 14.4 Å². The van der Waals surface area contributed by atoms with E-state index in [0.29, 0.717) is 16.3 Å². The second kappa shape index (κ2) is 14.0. The summed E-state index contributed by atoms with van der Waals surface area (Å²) in [6, 6.07) is 19.7. The molecule has 0 aliphatic carbocycles. The number of amides is 3. The SMILES string of the molecule is C[C@H](Oc1ccc(Cl)cc1Cl)C(=O)N[C@@H](Cc1ccccc1)C(=O)N/N=C\c1ccccc1OCC(N)=O. The van der Waals surface area contributed by atoms with Crippen molar-refractivity contribution in [2.24, 2.45) is 10.8 Å². The number of hydrogen-bond donors (Lipinski definition) is 3. The Morgan fingerprint density at radius 1 is 0.974 bits per heavy atom. The van der Waals surface area contributed by atoms with Crippen LogP contribution in [0.3, 0.4) is 0 Å². The first-order valence-corrected chi connectivity index (χ1v) is 12.3. The Labute approximate surface area is 229 Å². The minimum absolute atomic E-state index is 0.209. The van der Waals surface area contributed by atoms with E-state index >= 15 is 0 Å². The van der Waals surface area contributed by atoms with Crippen molar-refractivity contribution in [3.05, 3.63) is 94.0 Å². The third-order valence-electron chi connectivity index (χ3n) is 5.15. The van der Waals surface area contributed by atoms with Gasteiger partial charge in [-0.2, -0.15) is 5.10 Å². The number of carbonyl (C=O) groups excluding carboxylic acids is 3. The normalized spacial score (nSPS) is 12.4. The molecule has 0 aliphatic heterocycles. The molecule has 11 heteroatoms. The van der Waals surface area contributed by atoms with E-state index in [1.54, 1.807) is 43.3 Å². The third-order valence-corrected chi connectivity index (χ3v) is 5.68. The molecule has 4 N–H and O–H groups in total. The second-order valence-electron chi connectivity index (χ2n) is 8.11. The van der Waals surface area contributed by atoms with E-state index in [1.807, 2.05) is 30.3 Å². The number of carbonyl (C=O) groups is 3. The summed E-state index contributed by atoms with van der Waals surface area (Å²) in [7, 11) is 0. The van der Waals surface area contributed by atoms with Gasteiger partial charge in [-0.1, -0.05) is 65.7 Å². The van der Waals surface area contributed by atoms with Crippen molar-refractivity contribution in [1.29, 1.82) is 0 Å². The summed E-state index contributed by atoms with van der Waals surface area (Å²) in [5, 5.41) is 7.40. The van der Waals surface area contributed by atoms with Crippen molar-refractivity contribution in [2.45, 2.75) is 25.5 Å². The molecule has 0 aliphatic rings. The lowest BCUT2D eigenvalue weighted by Crippen LogP contribution is -2.50. The summed E-state index contributed by atoms with van der Waals surface area (Å²) in [6.07, 6.45) is 0.613. The number of primary amides is 1. The Hall–Kier alpha value is -4.08. The topological polar surface area (TPSA) is 132 Å². The Balaban J connectivity index is 1.70.